The molecule has 0 heterocycles. The van der Waals surface area contributed by atoms with Crippen molar-refractivity contribution in [3.05, 3.63) is 41.8 Å². The Morgan fingerprint density at radius 2 is 0.844 bits per heavy atom. The highest BCUT2D eigenvalue weighted by Crippen LogP contribution is 2.23. The summed E-state index contributed by atoms with van der Waals surface area (Å²) in [6, 6.07) is 7.17. The van der Waals surface area contributed by atoms with Crippen LogP contribution in [0.2, 0.25) is 0 Å². The Kier molecular flexibility index (Phi) is 20.1. The van der Waals surface area contributed by atoms with E-state index < -0.39 is 0 Å². The van der Waals surface area contributed by atoms with Crippen LogP contribution in [-0.4, -0.2) is 0 Å². The number of hydrogen-bond acceptors (Lipinski definition) is 0. The van der Waals surface area contributed by atoms with Gasteiger partial charge in [-0.05, 0) is 55.2 Å². The van der Waals surface area contributed by atoms with Crippen molar-refractivity contribution in [2.45, 2.75) is 162 Å². The molecule has 1 radical (unpaired) electrons. The molecule has 32 heavy (non-hydrogen) atoms. The molecule has 0 aliphatic carbocycles. The van der Waals surface area contributed by atoms with Crippen LogP contribution < -0.4 is 0 Å². The van der Waals surface area contributed by atoms with E-state index in [0.717, 1.165) is 6.42 Å². The quantitative estimate of drug-likeness (QED) is 0.148. The number of benzene rings is 1. The molecular formula is C32H57. The van der Waals surface area contributed by atoms with E-state index in [9.17, 15) is 0 Å². The van der Waals surface area contributed by atoms with Crippen molar-refractivity contribution >= 4 is 0 Å². The SMILES string of the molecule is [CH2]CCCc1c(CCCCCCCCCCC)cccc1CCCCCCCCCCC. The van der Waals surface area contributed by atoms with Gasteiger partial charge in [-0.3, -0.25) is 0 Å². The molecule has 0 aliphatic heterocycles. The Hall–Kier alpha value is -0.780. The molecule has 1 aromatic rings. The molecule has 0 N–H and O–H groups in total. The molecular weight excluding hydrogens is 384 g/mol. The van der Waals surface area contributed by atoms with Crippen LogP contribution in [0.25, 0.3) is 0 Å². The molecule has 0 heteroatoms. The standard InChI is InChI=1S/C32H57/c1-4-7-10-12-14-16-18-20-22-25-30-27-24-28-31(32(30)29-9-6-3)26-23-21-19-17-15-13-11-8-5-2/h24,27-28H,3-23,25-26,29H2,1-2H3. The number of rotatable bonds is 23. The van der Waals surface area contributed by atoms with Crippen molar-refractivity contribution < 1.29 is 0 Å². The topological polar surface area (TPSA) is 0 Å². The first-order valence-electron chi connectivity index (χ1n) is 14.7. The molecule has 0 saturated heterocycles. The third-order valence-electron chi connectivity index (χ3n) is 7.15. The fourth-order valence-electron chi connectivity index (χ4n) is 5.03. The van der Waals surface area contributed by atoms with Crippen molar-refractivity contribution in [1.82, 2.24) is 0 Å². The third-order valence-corrected chi connectivity index (χ3v) is 7.15. The maximum absolute atomic E-state index is 4.11. The zero-order chi connectivity index (χ0) is 23.1. The van der Waals surface area contributed by atoms with Gasteiger partial charge in [-0.15, -0.1) is 0 Å². The van der Waals surface area contributed by atoms with Gasteiger partial charge in [-0.1, -0.05) is 148 Å². The highest BCUT2D eigenvalue weighted by Gasteiger charge is 2.08. The molecule has 1 rings (SSSR count). The van der Waals surface area contributed by atoms with E-state index in [-0.39, 0.29) is 0 Å². The highest BCUT2D eigenvalue weighted by atomic mass is 14.1. The first-order valence-corrected chi connectivity index (χ1v) is 14.7. The minimum Gasteiger partial charge on any atom is -0.0654 e. The van der Waals surface area contributed by atoms with Gasteiger partial charge in [0.25, 0.3) is 0 Å². The van der Waals surface area contributed by atoms with E-state index in [1.54, 1.807) is 16.7 Å². The Morgan fingerprint density at radius 1 is 0.469 bits per heavy atom. The van der Waals surface area contributed by atoms with Crippen molar-refractivity contribution in [2.24, 2.45) is 0 Å². The first kappa shape index (κ1) is 29.3. The molecule has 0 spiro atoms. The van der Waals surface area contributed by atoms with Crippen molar-refractivity contribution in [3.8, 4) is 0 Å². The summed E-state index contributed by atoms with van der Waals surface area (Å²) in [4.78, 5) is 0. The van der Waals surface area contributed by atoms with Gasteiger partial charge in [0.2, 0.25) is 0 Å². The lowest BCUT2D eigenvalue weighted by atomic mass is 9.90. The average molecular weight is 442 g/mol. The minimum atomic E-state index is 1.06. The Bertz CT molecular complexity index is 475. The molecule has 0 saturated carbocycles. The van der Waals surface area contributed by atoms with Gasteiger partial charge >= 0.3 is 0 Å². The van der Waals surface area contributed by atoms with Gasteiger partial charge in [-0.25, -0.2) is 0 Å². The van der Waals surface area contributed by atoms with Gasteiger partial charge in [0, 0.05) is 0 Å². The van der Waals surface area contributed by atoms with E-state index in [0.29, 0.717) is 0 Å². The van der Waals surface area contributed by atoms with Crippen LogP contribution in [0, 0.1) is 6.92 Å². The molecule has 0 atom stereocenters. The van der Waals surface area contributed by atoms with Gasteiger partial charge in [0.05, 0.1) is 0 Å². The lowest BCUT2D eigenvalue weighted by Gasteiger charge is -2.15. The lowest BCUT2D eigenvalue weighted by Crippen LogP contribution is -2.02. The van der Waals surface area contributed by atoms with Gasteiger partial charge in [-0.2, -0.15) is 0 Å². The highest BCUT2D eigenvalue weighted by molar-refractivity contribution is 5.36. The summed E-state index contributed by atoms with van der Waals surface area (Å²) in [5.74, 6) is 0. The molecule has 0 aromatic heterocycles. The van der Waals surface area contributed by atoms with E-state index in [4.69, 9.17) is 0 Å². The fourth-order valence-corrected chi connectivity index (χ4v) is 5.03. The van der Waals surface area contributed by atoms with Crippen LogP contribution in [-0.2, 0) is 19.3 Å². The van der Waals surface area contributed by atoms with Crippen molar-refractivity contribution in [1.29, 1.82) is 0 Å². The number of unbranched alkanes of at least 4 members (excludes halogenated alkanes) is 17. The molecule has 0 unspecified atom stereocenters. The van der Waals surface area contributed by atoms with Crippen molar-refractivity contribution in [3.63, 3.8) is 0 Å². The smallest absolute Gasteiger partial charge is 0.0273 e. The summed E-state index contributed by atoms with van der Waals surface area (Å²) in [5.41, 5.74) is 4.99. The lowest BCUT2D eigenvalue weighted by molar-refractivity contribution is 0.562. The summed E-state index contributed by atoms with van der Waals surface area (Å²) in [5, 5.41) is 0. The van der Waals surface area contributed by atoms with Crippen LogP contribution in [0.4, 0.5) is 0 Å². The van der Waals surface area contributed by atoms with Crippen LogP contribution in [0.5, 0.6) is 0 Å². The maximum atomic E-state index is 4.11. The Morgan fingerprint density at radius 3 is 1.22 bits per heavy atom. The van der Waals surface area contributed by atoms with Crippen LogP contribution in [0.1, 0.15) is 159 Å². The van der Waals surface area contributed by atoms with E-state index in [1.165, 1.54) is 141 Å². The molecule has 0 fully saturated rings. The second-order valence-corrected chi connectivity index (χ2v) is 10.2. The fraction of sp³-hybridized carbons (Fsp3) is 0.781. The van der Waals surface area contributed by atoms with Crippen LogP contribution >= 0.6 is 0 Å². The number of hydrogen-bond donors (Lipinski definition) is 0. The predicted octanol–water partition coefficient (Wildman–Crippen LogP) is 11.0. The van der Waals surface area contributed by atoms with Gasteiger partial charge < -0.3 is 0 Å². The summed E-state index contributed by atoms with van der Waals surface area (Å²) in [6.07, 6.45) is 31.6. The monoisotopic (exact) mass is 441 g/mol. The average Bonchev–Trinajstić information content (AvgIpc) is 2.81. The molecule has 185 valence electrons. The second kappa shape index (κ2) is 22.0. The third kappa shape index (κ3) is 15.1. The van der Waals surface area contributed by atoms with Gasteiger partial charge in [0.1, 0.15) is 0 Å². The van der Waals surface area contributed by atoms with Crippen molar-refractivity contribution in [2.75, 3.05) is 0 Å². The zero-order valence-corrected chi connectivity index (χ0v) is 22.2. The van der Waals surface area contributed by atoms with Gasteiger partial charge in [0.15, 0.2) is 0 Å². The molecule has 0 aliphatic rings. The van der Waals surface area contributed by atoms with E-state index >= 15 is 0 Å². The summed E-state index contributed by atoms with van der Waals surface area (Å²) in [7, 11) is 0. The molecule has 0 nitrogen and oxygen atoms in total. The summed E-state index contributed by atoms with van der Waals surface area (Å²) in [6.45, 7) is 8.71. The van der Waals surface area contributed by atoms with E-state index in [2.05, 4.69) is 39.0 Å². The summed E-state index contributed by atoms with van der Waals surface area (Å²) >= 11 is 0. The maximum Gasteiger partial charge on any atom is -0.0273 e. The second-order valence-electron chi connectivity index (χ2n) is 10.2. The molecule has 0 bridgehead atoms. The minimum absolute atomic E-state index is 1.06. The zero-order valence-electron chi connectivity index (χ0n) is 22.2. The Labute approximate surface area is 203 Å². The van der Waals surface area contributed by atoms with E-state index in [1.807, 2.05) is 0 Å². The van der Waals surface area contributed by atoms with Crippen LogP contribution in [0.3, 0.4) is 0 Å². The first-order chi connectivity index (χ1) is 15.8. The normalized spacial score (nSPS) is 11.3. The molecule has 0 amide bonds. The number of aryl methyl sites for hydroxylation is 2. The van der Waals surface area contributed by atoms with Crippen LogP contribution in [0.15, 0.2) is 18.2 Å². The molecule has 1 aromatic carbocycles. The predicted molar refractivity (Wildman–Crippen MR) is 147 cm³/mol. The largest absolute Gasteiger partial charge is 0.0654 e. The summed E-state index contributed by atoms with van der Waals surface area (Å²) < 4.78 is 0. The Balaban J connectivity index is 2.33.